The molecule has 2 aliphatic heterocycles. The van der Waals surface area contributed by atoms with Crippen molar-refractivity contribution in [2.45, 2.75) is 38.8 Å². The lowest BCUT2D eigenvalue weighted by Gasteiger charge is -2.44. The lowest BCUT2D eigenvalue weighted by Crippen LogP contribution is -2.48. The van der Waals surface area contributed by atoms with E-state index in [1.54, 1.807) is 0 Å². The Morgan fingerprint density at radius 2 is 1.96 bits per heavy atom. The molecule has 1 unspecified atom stereocenters. The Bertz CT molecular complexity index is 505. The van der Waals surface area contributed by atoms with E-state index in [4.69, 9.17) is 9.47 Å². The van der Waals surface area contributed by atoms with Crippen molar-refractivity contribution in [1.82, 2.24) is 10.2 Å². The van der Waals surface area contributed by atoms with Gasteiger partial charge in [0.05, 0.1) is 6.61 Å². The van der Waals surface area contributed by atoms with Crippen LogP contribution in [0.3, 0.4) is 0 Å². The summed E-state index contributed by atoms with van der Waals surface area (Å²) in [5, 5.41) is 3.43. The molecule has 0 amide bonds. The number of hydrogen-bond donors (Lipinski definition) is 1. The van der Waals surface area contributed by atoms with E-state index >= 15 is 0 Å². The molecule has 3 rings (SSSR count). The van der Waals surface area contributed by atoms with Gasteiger partial charge in [0.15, 0.2) is 0 Å². The van der Waals surface area contributed by atoms with Crippen molar-refractivity contribution >= 4 is 24.8 Å². The maximum Gasteiger partial charge on any atom is 0.125 e. The monoisotopic (exact) mass is 362 g/mol. The summed E-state index contributed by atoms with van der Waals surface area (Å²) in [6.07, 6.45) is 1.02. The first-order valence-electron chi connectivity index (χ1n) is 7.99. The van der Waals surface area contributed by atoms with Gasteiger partial charge in [0, 0.05) is 44.2 Å². The number of nitrogens with one attached hydrogen (secondary N) is 1. The van der Waals surface area contributed by atoms with Crippen molar-refractivity contribution in [3.05, 3.63) is 23.8 Å². The molecule has 0 spiro atoms. The first-order chi connectivity index (χ1) is 10.1. The van der Waals surface area contributed by atoms with Gasteiger partial charge in [0.1, 0.15) is 17.1 Å². The highest BCUT2D eigenvalue weighted by atomic mass is 35.5. The molecule has 0 aromatic heterocycles. The van der Waals surface area contributed by atoms with E-state index in [1.165, 1.54) is 5.56 Å². The minimum absolute atomic E-state index is 0. The molecule has 1 fully saturated rings. The van der Waals surface area contributed by atoms with Crippen LogP contribution in [0.2, 0.25) is 0 Å². The number of hydrogen-bond acceptors (Lipinski definition) is 4. The summed E-state index contributed by atoms with van der Waals surface area (Å²) in [5.74, 6) is 1.96. The Balaban J connectivity index is 0.00000132. The smallest absolute Gasteiger partial charge is 0.125 e. The molecule has 1 N–H and O–H groups in total. The van der Waals surface area contributed by atoms with Gasteiger partial charge in [-0.3, -0.25) is 4.90 Å². The molecule has 23 heavy (non-hydrogen) atoms. The molecule has 2 heterocycles. The predicted molar refractivity (Wildman–Crippen MR) is 98.6 cm³/mol. The zero-order chi connectivity index (χ0) is 14.9. The van der Waals surface area contributed by atoms with Gasteiger partial charge in [0.25, 0.3) is 0 Å². The van der Waals surface area contributed by atoms with Crippen molar-refractivity contribution in [3.63, 3.8) is 0 Å². The van der Waals surface area contributed by atoms with Gasteiger partial charge in [-0.1, -0.05) is 0 Å². The highest BCUT2D eigenvalue weighted by molar-refractivity contribution is 5.85. The number of ether oxygens (including phenoxy) is 2. The van der Waals surface area contributed by atoms with Gasteiger partial charge in [-0.25, -0.2) is 0 Å². The third-order valence-corrected chi connectivity index (χ3v) is 4.31. The van der Waals surface area contributed by atoms with E-state index in [2.05, 4.69) is 36.2 Å². The number of halogens is 2. The van der Waals surface area contributed by atoms with Gasteiger partial charge in [0.2, 0.25) is 0 Å². The van der Waals surface area contributed by atoms with Crippen LogP contribution in [0.5, 0.6) is 11.5 Å². The van der Waals surface area contributed by atoms with Gasteiger partial charge < -0.3 is 14.8 Å². The average Bonchev–Trinajstić information content (AvgIpc) is 2.47. The van der Waals surface area contributed by atoms with E-state index in [-0.39, 0.29) is 30.4 Å². The average molecular weight is 363 g/mol. The second kappa shape index (κ2) is 8.43. The van der Waals surface area contributed by atoms with Gasteiger partial charge >= 0.3 is 0 Å². The van der Waals surface area contributed by atoms with Gasteiger partial charge in [-0.15, -0.1) is 24.8 Å². The first-order valence-corrected chi connectivity index (χ1v) is 7.99. The summed E-state index contributed by atoms with van der Waals surface area (Å²) in [6.45, 7) is 11.4. The van der Waals surface area contributed by atoms with Crippen molar-refractivity contribution < 1.29 is 9.47 Å². The minimum atomic E-state index is -0.115. The van der Waals surface area contributed by atoms with Crippen LogP contribution in [0.1, 0.15) is 38.8 Å². The molecule has 1 aromatic rings. The minimum Gasteiger partial charge on any atom is -0.494 e. The van der Waals surface area contributed by atoms with E-state index < -0.39 is 0 Å². The highest BCUT2D eigenvalue weighted by Crippen LogP contribution is 2.43. The Kier molecular flexibility index (Phi) is 7.46. The van der Waals surface area contributed by atoms with Crippen LogP contribution in [0.4, 0.5) is 0 Å². The van der Waals surface area contributed by atoms with Gasteiger partial charge in [-0.2, -0.15) is 0 Å². The third kappa shape index (κ3) is 4.66. The Morgan fingerprint density at radius 1 is 1.26 bits per heavy atom. The molecular formula is C17H28Cl2N2O2. The van der Waals surface area contributed by atoms with Crippen LogP contribution in [-0.2, 0) is 0 Å². The number of benzene rings is 1. The normalized spacial score (nSPS) is 22.8. The maximum atomic E-state index is 6.18. The second-order valence-corrected chi connectivity index (χ2v) is 6.50. The SMILES string of the molecule is CCOc1ccc2c(c1)C(N1CCNCC1)CC(C)(C)O2.Cl.Cl. The Morgan fingerprint density at radius 3 is 2.61 bits per heavy atom. The van der Waals surface area contributed by atoms with Crippen LogP contribution < -0.4 is 14.8 Å². The summed E-state index contributed by atoms with van der Waals surface area (Å²) < 4.78 is 11.8. The zero-order valence-electron chi connectivity index (χ0n) is 14.1. The summed E-state index contributed by atoms with van der Waals surface area (Å²) in [4.78, 5) is 2.58. The summed E-state index contributed by atoms with van der Waals surface area (Å²) in [5.41, 5.74) is 1.16. The first kappa shape index (κ1) is 20.4. The van der Waals surface area contributed by atoms with Crippen molar-refractivity contribution in [2.75, 3.05) is 32.8 Å². The molecule has 0 bridgehead atoms. The number of piperazine rings is 1. The fourth-order valence-corrected chi connectivity index (χ4v) is 3.37. The topological polar surface area (TPSA) is 33.7 Å². The van der Waals surface area contributed by atoms with Crippen molar-refractivity contribution in [2.24, 2.45) is 0 Å². The fourth-order valence-electron chi connectivity index (χ4n) is 3.37. The number of nitrogens with zero attached hydrogens (tertiary/aromatic N) is 1. The van der Waals surface area contributed by atoms with Crippen LogP contribution in [-0.4, -0.2) is 43.3 Å². The lowest BCUT2D eigenvalue weighted by molar-refractivity contribution is 0.0257. The molecule has 0 radical (unpaired) electrons. The Hall–Kier alpha value is -0.680. The van der Waals surface area contributed by atoms with Crippen molar-refractivity contribution in [3.8, 4) is 11.5 Å². The number of fused-ring (bicyclic) bond motifs is 1. The van der Waals surface area contributed by atoms with E-state index in [1.807, 2.05) is 13.0 Å². The van der Waals surface area contributed by atoms with E-state index in [9.17, 15) is 0 Å². The Labute approximate surface area is 151 Å². The molecule has 0 aliphatic carbocycles. The summed E-state index contributed by atoms with van der Waals surface area (Å²) >= 11 is 0. The van der Waals surface area contributed by atoms with Crippen molar-refractivity contribution in [1.29, 1.82) is 0 Å². The van der Waals surface area contributed by atoms with E-state index in [0.717, 1.165) is 44.1 Å². The quantitative estimate of drug-likeness (QED) is 0.892. The molecule has 6 heteroatoms. The van der Waals surface area contributed by atoms with Gasteiger partial charge in [-0.05, 0) is 39.0 Å². The number of rotatable bonds is 3. The second-order valence-electron chi connectivity index (χ2n) is 6.50. The molecule has 1 atom stereocenters. The van der Waals surface area contributed by atoms with Crippen LogP contribution in [0.25, 0.3) is 0 Å². The largest absolute Gasteiger partial charge is 0.494 e. The molecule has 2 aliphatic rings. The molecule has 132 valence electrons. The molecule has 0 saturated carbocycles. The standard InChI is InChI=1S/C17H26N2O2.2ClH/c1-4-20-13-5-6-16-14(11-13)15(12-17(2,3)21-16)19-9-7-18-8-10-19;;/h5-6,11,15,18H,4,7-10,12H2,1-3H3;2*1H. The van der Waals surface area contributed by atoms with Crippen LogP contribution in [0, 0.1) is 0 Å². The summed E-state index contributed by atoms with van der Waals surface area (Å²) in [7, 11) is 0. The molecular weight excluding hydrogens is 335 g/mol. The molecule has 4 nitrogen and oxygen atoms in total. The van der Waals surface area contributed by atoms with E-state index in [0.29, 0.717) is 12.6 Å². The third-order valence-electron chi connectivity index (χ3n) is 4.31. The summed E-state index contributed by atoms with van der Waals surface area (Å²) in [6, 6.07) is 6.67. The molecule has 1 aromatic carbocycles. The van der Waals surface area contributed by atoms with Crippen LogP contribution >= 0.6 is 24.8 Å². The fraction of sp³-hybridized carbons (Fsp3) is 0.647. The zero-order valence-corrected chi connectivity index (χ0v) is 15.8. The maximum absolute atomic E-state index is 6.18. The predicted octanol–water partition coefficient (Wildman–Crippen LogP) is 3.44. The van der Waals surface area contributed by atoms with Crippen LogP contribution in [0.15, 0.2) is 18.2 Å². The lowest BCUT2D eigenvalue weighted by atomic mass is 9.88. The molecule has 1 saturated heterocycles. The highest BCUT2D eigenvalue weighted by Gasteiger charge is 2.37.